The molecular formula is C14H19N3. The fraction of sp³-hybridized carbons (Fsp3) is 0.500. The second-order valence-electron chi connectivity index (χ2n) is 5.37. The first-order valence-corrected chi connectivity index (χ1v) is 6.29. The molecule has 1 aromatic carbocycles. The lowest BCUT2D eigenvalue weighted by Crippen LogP contribution is -2.22. The van der Waals surface area contributed by atoms with Gasteiger partial charge in [-0.2, -0.15) is 0 Å². The summed E-state index contributed by atoms with van der Waals surface area (Å²) in [5, 5.41) is 0. The van der Waals surface area contributed by atoms with Gasteiger partial charge in [0.05, 0.1) is 11.0 Å². The van der Waals surface area contributed by atoms with Gasteiger partial charge in [0.15, 0.2) is 0 Å². The normalized spacial score (nSPS) is 17.6. The van der Waals surface area contributed by atoms with Crippen molar-refractivity contribution >= 4 is 11.0 Å². The number of rotatable bonds is 3. The maximum absolute atomic E-state index is 6.16. The minimum absolute atomic E-state index is 0.135. The second-order valence-corrected chi connectivity index (χ2v) is 5.37. The predicted octanol–water partition coefficient (Wildman–Crippen LogP) is 2.31. The number of hydrogen-bond acceptors (Lipinski definition) is 2. The van der Waals surface area contributed by atoms with Crippen LogP contribution in [0.1, 0.15) is 30.7 Å². The fourth-order valence-corrected chi connectivity index (χ4v) is 2.46. The fourth-order valence-electron chi connectivity index (χ4n) is 2.46. The smallest absolute Gasteiger partial charge is 0.106 e. The van der Waals surface area contributed by atoms with E-state index >= 15 is 0 Å². The molecule has 3 rings (SSSR count). The number of fused-ring (bicyclic) bond motifs is 1. The average molecular weight is 229 g/mol. The van der Waals surface area contributed by atoms with Crippen LogP contribution in [-0.4, -0.2) is 15.1 Å². The third-order valence-corrected chi connectivity index (χ3v) is 3.99. The summed E-state index contributed by atoms with van der Waals surface area (Å²) in [6, 6.07) is 6.39. The molecule has 0 amide bonds. The Bertz CT molecular complexity index is 564. The van der Waals surface area contributed by atoms with Gasteiger partial charge in [-0.15, -0.1) is 0 Å². The van der Waals surface area contributed by atoms with Crippen LogP contribution in [0.25, 0.3) is 11.0 Å². The van der Waals surface area contributed by atoms with E-state index in [4.69, 9.17) is 5.73 Å². The van der Waals surface area contributed by atoms with Crippen molar-refractivity contribution in [2.75, 3.05) is 0 Å². The van der Waals surface area contributed by atoms with E-state index in [1.165, 1.54) is 23.9 Å². The summed E-state index contributed by atoms with van der Waals surface area (Å²) in [5.74, 6) is 1.07. The molecule has 3 nitrogen and oxygen atoms in total. The lowest BCUT2D eigenvalue weighted by Gasteiger charge is -2.10. The summed E-state index contributed by atoms with van der Waals surface area (Å²) in [5.41, 5.74) is 10.0. The number of nitrogens with zero attached hydrogens (tertiary/aromatic N) is 2. The highest BCUT2D eigenvalue weighted by molar-refractivity contribution is 5.79. The molecule has 1 fully saturated rings. The molecule has 0 radical (unpaired) electrons. The van der Waals surface area contributed by atoms with Crippen molar-refractivity contribution in [2.24, 2.45) is 12.8 Å². The lowest BCUT2D eigenvalue weighted by atomic mass is 10.0. The highest BCUT2D eigenvalue weighted by Crippen LogP contribution is 2.37. The van der Waals surface area contributed by atoms with Gasteiger partial charge < -0.3 is 10.3 Å². The molecule has 90 valence electrons. The SMILES string of the molecule is Cc1nc2cccc(CCC3(N)CC3)c2n1C. The highest BCUT2D eigenvalue weighted by Gasteiger charge is 2.37. The standard InChI is InChI=1S/C14H19N3/c1-10-16-12-5-3-4-11(13(12)17(10)2)6-7-14(15)8-9-14/h3-5H,6-9,15H2,1-2H3. The van der Waals surface area contributed by atoms with Crippen LogP contribution in [0.15, 0.2) is 18.2 Å². The molecule has 1 heterocycles. The van der Waals surface area contributed by atoms with Gasteiger partial charge in [0.1, 0.15) is 5.82 Å². The minimum Gasteiger partial charge on any atom is -0.331 e. The molecule has 3 heteroatoms. The molecule has 0 unspecified atom stereocenters. The summed E-state index contributed by atoms with van der Waals surface area (Å²) >= 11 is 0. The molecule has 2 aromatic rings. The number of aryl methyl sites for hydroxylation is 3. The van der Waals surface area contributed by atoms with E-state index < -0.39 is 0 Å². The van der Waals surface area contributed by atoms with Crippen molar-refractivity contribution in [1.29, 1.82) is 0 Å². The molecule has 17 heavy (non-hydrogen) atoms. The summed E-state index contributed by atoms with van der Waals surface area (Å²) < 4.78 is 2.18. The Morgan fingerprint density at radius 2 is 2.18 bits per heavy atom. The number of benzene rings is 1. The average Bonchev–Trinajstić information content (AvgIpc) is 2.97. The van der Waals surface area contributed by atoms with Crippen LogP contribution in [0.3, 0.4) is 0 Å². The summed E-state index contributed by atoms with van der Waals surface area (Å²) in [6.07, 6.45) is 4.53. The van der Waals surface area contributed by atoms with E-state index in [-0.39, 0.29) is 5.54 Å². The zero-order valence-electron chi connectivity index (χ0n) is 10.5. The van der Waals surface area contributed by atoms with Crippen molar-refractivity contribution in [3.8, 4) is 0 Å². The van der Waals surface area contributed by atoms with Gasteiger partial charge in [-0.3, -0.25) is 0 Å². The van der Waals surface area contributed by atoms with Crippen molar-refractivity contribution in [3.63, 3.8) is 0 Å². The topological polar surface area (TPSA) is 43.8 Å². The van der Waals surface area contributed by atoms with Crippen molar-refractivity contribution < 1.29 is 0 Å². The van der Waals surface area contributed by atoms with Crippen LogP contribution in [0.5, 0.6) is 0 Å². The Morgan fingerprint density at radius 3 is 2.88 bits per heavy atom. The van der Waals surface area contributed by atoms with Crippen LogP contribution in [0.2, 0.25) is 0 Å². The maximum atomic E-state index is 6.16. The highest BCUT2D eigenvalue weighted by atomic mass is 15.0. The van der Waals surface area contributed by atoms with E-state index in [1.807, 2.05) is 0 Å². The third-order valence-electron chi connectivity index (χ3n) is 3.99. The van der Waals surface area contributed by atoms with Gasteiger partial charge in [0.2, 0.25) is 0 Å². The zero-order valence-corrected chi connectivity index (χ0v) is 10.5. The summed E-state index contributed by atoms with van der Waals surface area (Å²) in [4.78, 5) is 4.57. The molecule has 0 spiro atoms. The quantitative estimate of drug-likeness (QED) is 0.877. The molecule has 1 saturated carbocycles. The van der Waals surface area contributed by atoms with Gasteiger partial charge in [-0.25, -0.2) is 4.98 Å². The van der Waals surface area contributed by atoms with Crippen molar-refractivity contribution in [1.82, 2.24) is 9.55 Å². The molecule has 0 atom stereocenters. The Hall–Kier alpha value is -1.35. The Balaban J connectivity index is 1.97. The Morgan fingerprint density at radius 1 is 1.41 bits per heavy atom. The second kappa shape index (κ2) is 3.57. The monoisotopic (exact) mass is 229 g/mol. The van der Waals surface area contributed by atoms with E-state index in [0.29, 0.717) is 0 Å². The number of nitrogens with two attached hydrogens (primary N) is 1. The lowest BCUT2D eigenvalue weighted by molar-refractivity contribution is 0.610. The van der Waals surface area contributed by atoms with Crippen LogP contribution in [0, 0.1) is 6.92 Å². The first-order chi connectivity index (χ1) is 8.09. The van der Waals surface area contributed by atoms with Crippen molar-refractivity contribution in [3.05, 3.63) is 29.6 Å². The van der Waals surface area contributed by atoms with Crippen LogP contribution in [-0.2, 0) is 13.5 Å². The minimum atomic E-state index is 0.135. The third kappa shape index (κ3) is 1.84. The maximum Gasteiger partial charge on any atom is 0.106 e. The van der Waals surface area contributed by atoms with Gasteiger partial charge in [-0.05, 0) is 44.2 Å². The van der Waals surface area contributed by atoms with Crippen molar-refractivity contribution in [2.45, 2.75) is 38.1 Å². The molecular weight excluding hydrogens is 210 g/mol. The molecule has 0 aliphatic heterocycles. The summed E-state index contributed by atoms with van der Waals surface area (Å²) in [7, 11) is 2.09. The number of hydrogen-bond donors (Lipinski definition) is 1. The number of imidazole rings is 1. The van der Waals surface area contributed by atoms with Gasteiger partial charge >= 0.3 is 0 Å². The zero-order chi connectivity index (χ0) is 12.0. The van der Waals surface area contributed by atoms with E-state index in [0.717, 1.165) is 24.2 Å². The summed E-state index contributed by atoms with van der Waals surface area (Å²) in [6.45, 7) is 2.05. The first-order valence-electron chi connectivity index (χ1n) is 6.29. The largest absolute Gasteiger partial charge is 0.331 e. The van der Waals surface area contributed by atoms with E-state index in [1.54, 1.807) is 0 Å². The number of aromatic nitrogens is 2. The first kappa shape index (κ1) is 10.8. The molecule has 0 bridgehead atoms. The molecule has 1 aromatic heterocycles. The van der Waals surface area contributed by atoms with Gasteiger partial charge in [0.25, 0.3) is 0 Å². The van der Waals surface area contributed by atoms with Crippen LogP contribution < -0.4 is 5.73 Å². The molecule has 0 saturated heterocycles. The Kier molecular flexibility index (Phi) is 2.26. The molecule has 2 N–H and O–H groups in total. The molecule has 1 aliphatic rings. The van der Waals surface area contributed by atoms with Gasteiger partial charge in [-0.1, -0.05) is 12.1 Å². The van der Waals surface area contributed by atoms with Gasteiger partial charge in [0, 0.05) is 12.6 Å². The van der Waals surface area contributed by atoms with Crippen LogP contribution in [0.4, 0.5) is 0 Å². The Labute approximate surface area is 102 Å². The van der Waals surface area contributed by atoms with E-state index in [9.17, 15) is 0 Å². The predicted molar refractivity (Wildman–Crippen MR) is 69.9 cm³/mol. The molecule has 1 aliphatic carbocycles. The van der Waals surface area contributed by atoms with E-state index in [2.05, 4.69) is 41.7 Å². The van der Waals surface area contributed by atoms with Crippen LogP contribution >= 0.6 is 0 Å². The number of para-hydroxylation sites is 1.